The van der Waals surface area contributed by atoms with Crippen LogP contribution < -0.4 is 5.32 Å². The van der Waals surface area contributed by atoms with E-state index >= 15 is 0 Å². The predicted molar refractivity (Wildman–Crippen MR) is 61.3 cm³/mol. The Morgan fingerprint density at radius 3 is 2.33 bits per heavy atom. The van der Waals surface area contributed by atoms with Crippen LogP contribution in [-0.4, -0.2) is 53.2 Å². The summed E-state index contributed by atoms with van der Waals surface area (Å²) in [5.41, 5.74) is 0. The second-order valence-electron chi connectivity index (χ2n) is 3.58. The number of hydrogen-bond acceptors (Lipinski definition) is 4. The average molecular weight is 219 g/mol. The fraction of sp³-hybridized carbons (Fsp3) is 1.00. The highest BCUT2D eigenvalue weighted by Gasteiger charge is 2.00. The summed E-state index contributed by atoms with van der Waals surface area (Å²) in [5.74, 6) is 0. The first-order valence-corrected chi connectivity index (χ1v) is 5.61. The highest BCUT2D eigenvalue weighted by molar-refractivity contribution is 4.55. The van der Waals surface area contributed by atoms with Gasteiger partial charge in [0, 0.05) is 40.6 Å². The molecule has 0 aliphatic heterocycles. The molecule has 1 N–H and O–H groups in total. The molecule has 0 rings (SSSR count). The maximum absolute atomic E-state index is 5.58. The van der Waals surface area contributed by atoms with Gasteiger partial charge in [0.25, 0.3) is 0 Å². The van der Waals surface area contributed by atoms with Gasteiger partial charge < -0.3 is 19.5 Å². The van der Waals surface area contributed by atoms with Crippen LogP contribution in [0.3, 0.4) is 0 Å². The SMILES string of the molecule is COCCCNCC(C)OCCCOC. The van der Waals surface area contributed by atoms with E-state index in [4.69, 9.17) is 14.2 Å². The van der Waals surface area contributed by atoms with Crippen molar-refractivity contribution in [3.63, 3.8) is 0 Å². The van der Waals surface area contributed by atoms with Gasteiger partial charge in [-0.25, -0.2) is 0 Å². The van der Waals surface area contributed by atoms with Gasteiger partial charge in [0.2, 0.25) is 0 Å². The molecule has 4 heteroatoms. The third kappa shape index (κ3) is 11.8. The number of methoxy groups -OCH3 is 2. The largest absolute Gasteiger partial charge is 0.385 e. The van der Waals surface area contributed by atoms with Crippen LogP contribution in [0.2, 0.25) is 0 Å². The standard InChI is InChI=1S/C11H25NO3/c1-11(15-9-5-8-14-3)10-12-6-4-7-13-2/h11-12H,4-10H2,1-3H3. The van der Waals surface area contributed by atoms with E-state index in [0.29, 0.717) is 0 Å². The van der Waals surface area contributed by atoms with Gasteiger partial charge in [0.1, 0.15) is 0 Å². The van der Waals surface area contributed by atoms with E-state index in [9.17, 15) is 0 Å². The minimum absolute atomic E-state index is 0.268. The summed E-state index contributed by atoms with van der Waals surface area (Å²) in [5, 5.41) is 3.32. The lowest BCUT2D eigenvalue weighted by atomic mass is 10.3. The summed E-state index contributed by atoms with van der Waals surface area (Å²) < 4.78 is 15.5. The third-order valence-corrected chi connectivity index (χ3v) is 2.03. The van der Waals surface area contributed by atoms with Crippen molar-refractivity contribution in [1.29, 1.82) is 0 Å². The van der Waals surface area contributed by atoms with E-state index in [-0.39, 0.29) is 6.10 Å². The van der Waals surface area contributed by atoms with Gasteiger partial charge >= 0.3 is 0 Å². The van der Waals surface area contributed by atoms with Crippen molar-refractivity contribution < 1.29 is 14.2 Å². The minimum Gasteiger partial charge on any atom is -0.385 e. The normalized spacial score (nSPS) is 13.0. The molecule has 0 aromatic heterocycles. The average Bonchev–Trinajstić information content (AvgIpc) is 2.24. The van der Waals surface area contributed by atoms with Gasteiger partial charge in [-0.2, -0.15) is 0 Å². The van der Waals surface area contributed by atoms with Gasteiger partial charge in [0.05, 0.1) is 6.10 Å². The molecule has 0 aliphatic carbocycles. The smallest absolute Gasteiger partial charge is 0.0671 e. The zero-order chi connectivity index (χ0) is 11.4. The Labute approximate surface area is 93.3 Å². The van der Waals surface area contributed by atoms with E-state index < -0.39 is 0 Å². The first-order chi connectivity index (χ1) is 7.31. The Morgan fingerprint density at radius 1 is 1.00 bits per heavy atom. The summed E-state index contributed by atoms with van der Waals surface area (Å²) in [4.78, 5) is 0. The molecular weight excluding hydrogens is 194 g/mol. The first kappa shape index (κ1) is 14.8. The molecule has 1 unspecified atom stereocenters. The summed E-state index contributed by atoms with van der Waals surface area (Å²) >= 11 is 0. The van der Waals surface area contributed by atoms with Gasteiger partial charge in [-0.3, -0.25) is 0 Å². The Bertz CT molecular complexity index is 122. The molecule has 0 aromatic rings. The lowest BCUT2D eigenvalue weighted by Crippen LogP contribution is -2.28. The van der Waals surface area contributed by atoms with Crippen LogP contribution in [0.4, 0.5) is 0 Å². The molecule has 0 fully saturated rings. The molecule has 0 bridgehead atoms. The van der Waals surface area contributed by atoms with Gasteiger partial charge in [-0.05, 0) is 26.3 Å². The van der Waals surface area contributed by atoms with Crippen LogP contribution in [0.1, 0.15) is 19.8 Å². The van der Waals surface area contributed by atoms with E-state index in [1.807, 2.05) is 0 Å². The molecular formula is C11H25NO3. The van der Waals surface area contributed by atoms with E-state index in [2.05, 4.69) is 12.2 Å². The van der Waals surface area contributed by atoms with Crippen molar-refractivity contribution in [3.8, 4) is 0 Å². The van der Waals surface area contributed by atoms with Crippen molar-refractivity contribution in [3.05, 3.63) is 0 Å². The van der Waals surface area contributed by atoms with Crippen molar-refractivity contribution in [2.24, 2.45) is 0 Å². The predicted octanol–water partition coefficient (Wildman–Crippen LogP) is 1.05. The van der Waals surface area contributed by atoms with Crippen LogP contribution in [0.5, 0.6) is 0 Å². The van der Waals surface area contributed by atoms with Crippen molar-refractivity contribution >= 4 is 0 Å². The minimum atomic E-state index is 0.268. The third-order valence-electron chi connectivity index (χ3n) is 2.03. The Hall–Kier alpha value is -0.160. The summed E-state index contributed by atoms with van der Waals surface area (Å²) in [6, 6.07) is 0. The second kappa shape index (κ2) is 11.9. The van der Waals surface area contributed by atoms with E-state index in [0.717, 1.165) is 45.8 Å². The summed E-state index contributed by atoms with van der Waals surface area (Å²) in [6.45, 7) is 6.32. The fourth-order valence-electron chi connectivity index (χ4n) is 1.19. The quantitative estimate of drug-likeness (QED) is 0.527. The Kier molecular flexibility index (Phi) is 11.8. The topological polar surface area (TPSA) is 39.7 Å². The van der Waals surface area contributed by atoms with E-state index in [1.165, 1.54) is 0 Å². The molecule has 0 aromatic carbocycles. The highest BCUT2D eigenvalue weighted by Crippen LogP contribution is 1.91. The molecule has 92 valence electrons. The lowest BCUT2D eigenvalue weighted by Gasteiger charge is -2.13. The van der Waals surface area contributed by atoms with Crippen LogP contribution in [0.25, 0.3) is 0 Å². The molecule has 0 heterocycles. The van der Waals surface area contributed by atoms with Crippen molar-refractivity contribution in [2.45, 2.75) is 25.9 Å². The van der Waals surface area contributed by atoms with Crippen LogP contribution in [0.15, 0.2) is 0 Å². The van der Waals surface area contributed by atoms with E-state index in [1.54, 1.807) is 14.2 Å². The second-order valence-corrected chi connectivity index (χ2v) is 3.58. The number of rotatable bonds is 11. The maximum atomic E-state index is 5.58. The molecule has 0 saturated carbocycles. The maximum Gasteiger partial charge on any atom is 0.0671 e. The molecule has 0 saturated heterocycles. The number of hydrogen-bond donors (Lipinski definition) is 1. The van der Waals surface area contributed by atoms with Gasteiger partial charge in [-0.15, -0.1) is 0 Å². The molecule has 1 atom stereocenters. The van der Waals surface area contributed by atoms with Crippen LogP contribution in [-0.2, 0) is 14.2 Å². The molecule has 0 radical (unpaired) electrons. The lowest BCUT2D eigenvalue weighted by molar-refractivity contribution is 0.0502. The zero-order valence-electron chi connectivity index (χ0n) is 10.3. The van der Waals surface area contributed by atoms with Crippen molar-refractivity contribution in [1.82, 2.24) is 5.32 Å². The Balaban J connectivity index is 3.08. The van der Waals surface area contributed by atoms with Crippen molar-refractivity contribution in [2.75, 3.05) is 47.1 Å². The summed E-state index contributed by atoms with van der Waals surface area (Å²) in [6.07, 6.45) is 2.28. The Morgan fingerprint density at radius 2 is 1.67 bits per heavy atom. The van der Waals surface area contributed by atoms with Crippen LogP contribution in [0, 0.1) is 0 Å². The van der Waals surface area contributed by atoms with Gasteiger partial charge in [-0.1, -0.05) is 0 Å². The molecule has 0 aliphatic rings. The molecule has 0 spiro atoms. The fourth-order valence-corrected chi connectivity index (χ4v) is 1.19. The zero-order valence-corrected chi connectivity index (χ0v) is 10.3. The molecule has 15 heavy (non-hydrogen) atoms. The van der Waals surface area contributed by atoms with Crippen LogP contribution >= 0.6 is 0 Å². The molecule has 4 nitrogen and oxygen atoms in total. The summed E-state index contributed by atoms with van der Waals surface area (Å²) in [7, 11) is 3.43. The van der Waals surface area contributed by atoms with Gasteiger partial charge in [0.15, 0.2) is 0 Å². The number of ether oxygens (including phenoxy) is 3. The highest BCUT2D eigenvalue weighted by atomic mass is 16.5. The molecule has 0 amide bonds. The monoisotopic (exact) mass is 219 g/mol. The first-order valence-electron chi connectivity index (χ1n) is 5.61. The number of nitrogens with one attached hydrogen (secondary N) is 1.